The zero-order chi connectivity index (χ0) is 13.1. The zero-order valence-electron chi connectivity index (χ0n) is 10.8. The number of nitrogens with zero attached hydrogens (tertiary/aromatic N) is 2. The fraction of sp³-hybridized carbons (Fsp3) is 0.400. The molecule has 1 unspecified atom stereocenters. The van der Waals surface area contributed by atoms with Gasteiger partial charge in [-0.25, -0.2) is 4.68 Å². The van der Waals surface area contributed by atoms with E-state index in [4.69, 9.17) is 4.74 Å². The Morgan fingerprint density at radius 2 is 2.05 bits per heavy atom. The Bertz CT molecular complexity index is 527. The number of hydrogen-bond donors (Lipinski definition) is 1. The molecule has 2 aromatic rings. The summed E-state index contributed by atoms with van der Waals surface area (Å²) in [7, 11) is 0. The van der Waals surface area contributed by atoms with Crippen LogP contribution >= 0.6 is 0 Å². The van der Waals surface area contributed by atoms with Gasteiger partial charge < -0.3 is 9.84 Å². The van der Waals surface area contributed by atoms with Gasteiger partial charge in [-0.05, 0) is 43.0 Å². The molecule has 4 nitrogen and oxygen atoms in total. The largest absolute Gasteiger partial charge is 0.508 e. The summed E-state index contributed by atoms with van der Waals surface area (Å²) >= 11 is 0. The Balaban J connectivity index is 1.68. The highest BCUT2D eigenvalue weighted by Gasteiger charge is 2.16. The van der Waals surface area contributed by atoms with Crippen molar-refractivity contribution >= 4 is 0 Å². The Kier molecular flexibility index (Phi) is 3.51. The van der Waals surface area contributed by atoms with Crippen molar-refractivity contribution in [3.8, 4) is 5.75 Å². The summed E-state index contributed by atoms with van der Waals surface area (Å²) in [6.45, 7) is 0.831. The second-order valence-electron chi connectivity index (χ2n) is 4.95. The number of aromatic nitrogens is 2. The molecule has 4 heteroatoms. The summed E-state index contributed by atoms with van der Waals surface area (Å²) in [4.78, 5) is 0. The van der Waals surface area contributed by atoms with E-state index in [-0.39, 0.29) is 6.23 Å². The van der Waals surface area contributed by atoms with E-state index < -0.39 is 0 Å². The molecule has 1 aliphatic heterocycles. The Morgan fingerprint density at radius 3 is 2.79 bits per heavy atom. The van der Waals surface area contributed by atoms with Crippen LogP contribution in [-0.2, 0) is 11.2 Å². The van der Waals surface area contributed by atoms with E-state index in [0.29, 0.717) is 5.75 Å². The third kappa shape index (κ3) is 2.96. The Morgan fingerprint density at radius 1 is 1.21 bits per heavy atom. The molecule has 0 aliphatic carbocycles. The second-order valence-corrected chi connectivity index (χ2v) is 4.95. The molecule has 0 amide bonds. The quantitative estimate of drug-likeness (QED) is 0.920. The van der Waals surface area contributed by atoms with E-state index in [0.717, 1.165) is 37.1 Å². The minimum Gasteiger partial charge on any atom is -0.508 e. The van der Waals surface area contributed by atoms with E-state index in [2.05, 4.69) is 5.10 Å². The highest BCUT2D eigenvalue weighted by molar-refractivity contribution is 5.28. The van der Waals surface area contributed by atoms with Crippen LogP contribution < -0.4 is 0 Å². The van der Waals surface area contributed by atoms with Crippen LogP contribution in [0, 0.1) is 0 Å². The molecule has 1 aromatic carbocycles. The van der Waals surface area contributed by atoms with Crippen LogP contribution in [-0.4, -0.2) is 21.5 Å². The number of rotatable bonds is 3. The first-order chi connectivity index (χ1) is 9.31. The minimum atomic E-state index is 0.0994. The lowest BCUT2D eigenvalue weighted by atomic mass is 10.1. The van der Waals surface area contributed by atoms with E-state index >= 15 is 0 Å². The lowest BCUT2D eigenvalue weighted by molar-refractivity contribution is -0.0396. The fourth-order valence-corrected chi connectivity index (χ4v) is 2.39. The van der Waals surface area contributed by atoms with E-state index in [1.807, 2.05) is 29.1 Å². The van der Waals surface area contributed by atoms with Crippen molar-refractivity contribution in [3.63, 3.8) is 0 Å². The second kappa shape index (κ2) is 5.45. The molecular formula is C15H18N2O2. The van der Waals surface area contributed by atoms with Crippen molar-refractivity contribution in [2.45, 2.75) is 31.9 Å². The maximum Gasteiger partial charge on any atom is 0.150 e. The minimum absolute atomic E-state index is 0.0994. The lowest BCUT2D eigenvalue weighted by Crippen LogP contribution is -2.18. The predicted octanol–water partition coefficient (Wildman–Crippen LogP) is 2.88. The van der Waals surface area contributed by atoms with Crippen molar-refractivity contribution in [2.24, 2.45) is 0 Å². The molecule has 3 rings (SSSR count). The molecule has 1 atom stereocenters. The molecule has 19 heavy (non-hydrogen) atoms. The van der Waals surface area contributed by atoms with Crippen molar-refractivity contribution in [1.29, 1.82) is 0 Å². The molecular weight excluding hydrogens is 240 g/mol. The Hall–Kier alpha value is -1.81. The third-order valence-electron chi connectivity index (χ3n) is 3.44. The number of hydrogen-bond acceptors (Lipinski definition) is 3. The van der Waals surface area contributed by atoms with Crippen molar-refractivity contribution in [1.82, 2.24) is 9.78 Å². The number of phenols is 1. The maximum atomic E-state index is 9.26. The molecule has 0 bridgehead atoms. The SMILES string of the molecule is Oc1ccc(Cc2ccn(C3CCCCO3)n2)cc1. The monoisotopic (exact) mass is 258 g/mol. The van der Waals surface area contributed by atoms with Crippen molar-refractivity contribution < 1.29 is 9.84 Å². The van der Waals surface area contributed by atoms with E-state index in [9.17, 15) is 5.11 Å². The van der Waals surface area contributed by atoms with Crippen LogP contribution in [0.2, 0.25) is 0 Å². The highest BCUT2D eigenvalue weighted by atomic mass is 16.5. The van der Waals surface area contributed by atoms with E-state index in [1.54, 1.807) is 12.1 Å². The van der Waals surface area contributed by atoms with Crippen molar-refractivity contribution in [3.05, 3.63) is 47.8 Å². The first-order valence-corrected chi connectivity index (χ1v) is 6.75. The van der Waals surface area contributed by atoms with Gasteiger partial charge in [0.1, 0.15) is 12.0 Å². The molecule has 0 spiro atoms. The third-order valence-corrected chi connectivity index (χ3v) is 3.44. The smallest absolute Gasteiger partial charge is 0.150 e. The molecule has 1 N–H and O–H groups in total. The van der Waals surface area contributed by atoms with Gasteiger partial charge in [-0.2, -0.15) is 5.10 Å². The van der Waals surface area contributed by atoms with Gasteiger partial charge in [0, 0.05) is 19.2 Å². The fourth-order valence-electron chi connectivity index (χ4n) is 2.39. The number of phenolic OH excluding ortho intramolecular Hbond substituents is 1. The summed E-state index contributed by atoms with van der Waals surface area (Å²) in [6, 6.07) is 9.29. The lowest BCUT2D eigenvalue weighted by Gasteiger charge is -2.22. The normalized spacial score (nSPS) is 19.5. The first kappa shape index (κ1) is 12.2. The summed E-state index contributed by atoms with van der Waals surface area (Å²) in [5.41, 5.74) is 2.17. The number of aromatic hydroxyl groups is 1. The first-order valence-electron chi connectivity index (χ1n) is 6.75. The van der Waals surface area contributed by atoms with Gasteiger partial charge in [0.15, 0.2) is 0 Å². The maximum absolute atomic E-state index is 9.26. The summed E-state index contributed by atoms with van der Waals surface area (Å²) in [5, 5.41) is 13.8. The zero-order valence-corrected chi connectivity index (χ0v) is 10.8. The Labute approximate surface area is 112 Å². The van der Waals surface area contributed by atoms with Crippen LogP contribution in [0.5, 0.6) is 5.75 Å². The number of benzene rings is 1. The average Bonchev–Trinajstić information content (AvgIpc) is 2.91. The standard InChI is InChI=1S/C15H18N2O2/c18-14-6-4-12(5-7-14)11-13-8-9-17(16-13)15-3-1-2-10-19-15/h4-9,15,18H,1-3,10-11H2. The van der Waals surface area contributed by atoms with Gasteiger partial charge in [-0.1, -0.05) is 12.1 Å². The van der Waals surface area contributed by atoms with E-state index in [1.165, 1.54) is 6.42 Å². The topological polar surface area (TPSA) is 47.3 Å². The van der Waals surface area contributed by atoms with Crippen LogP contribution in [0.4, 0.5) is 0 Å². The molecule has 1 fully saturated rings. The molecule has 0 radical (unpaired) electrons. The average molecular weight is 258 g/mol. The highest BCUT2D eigenvalue weighted by Crippen LogP contribution is 2.22. The molecule has 2 heterocycles. The van der Waals surface area contributed by atoms with Gasteiger partial charge in [-0.15, -0.1) is 0 Å². The summed E-state index contributed by atoms with van der Waals surface area (Å²) < 4.78 is 7.64. The van der Waals surface area contributed by atoms with Gasteiger partial charge >= 0.3 is 0 Å². The van der Waals surface area contributed by atoms with Crippen LogP contribution in [0.15, 0.2) is 36.5 Å². The van der Waals surface area contributed by atoms with Gasteiger partial charge in [0.2, 0.25) is 0 Å². The molecule has 100 valence electrons. The van der Waals surface area contributed by atoms with Gasteiger partial charge in [-0.3, -0.25) is 0 Å². The van der Waals surface area contributed by atoms with Gasteiger partial charge in [0.05, 0.1) is 5.69 Å². The molecule has 1 saturated heterocycles. The summed E-state index contributed by atoms with van der Waals surface area (Å²) in [6.07, 6.45) is 6.27. The molecule has 1 aliphatic rings. The van der Waals surface area contributed by atoms with Crippen LogP contribution in [0.3, 0.4) is 0 Å². The predicted molar refractivity (Wildman–Crippen MR) is 72.0 cm³/mol. The van der Waals surface area contributed by atoms with Crippen LogP contribution in [0.25, 0.3) is 0 Å². The van der Waals surface area contributed by atoms with Gasteiger partial charge in [0.25, 0.3) is 0 Å². The summed E-state index contributed by atoms with van der Waals surface area (Å²) in [5.74, 6) is 0.296. The molecule has 0 saturated carbocycles. The molecule has 1 aromatic heterocycles. The van der Waals surface area contributed by atoms with Crippen molar-refractivity contribution in [2.75, 3.05) is 6.61 Å². The van der Waals surface area contributed by atoms with Crippen LogP contribution in [0.1, 0.15) is 36.7 Å². The number of ether oxygens (including phenoxy) is 1.